The Kier molecular flexibility index (Phi) is 5.05. The van der Waals surface area contributed by atoms with Crippen molar-refractivity contribution in [2.45, 2.75) is 58.7 Å². The highest BCUT2D eigenvalue weighted by Gasteiger charge is 2.38. The Morgan fingerprint density at radius 1 is 1.07 bits per heavy atom. The summed E-state index contributed by atoms with van der Waals surface area (Å²) < 4.78 is 0. The number of nitrogens with one attached hydrogen (secondary N) is 1. The molecule has 4 atom stereocenters. The van der Waals surface area contributed by atoms with Gasteiger partial charge in [-0.3, -0.25) is 4.79 Å². The minimum Gasteiger partial charge on any atom is -0.378 e. The zero-order valence-electron chi connectivity index (χ0n) is 17.4. The SMILES string of the molecule is CC(=O)N1c2ccc(N3CCCC3C)cc2[C@H](Nc2ccccc2)[C@@H](C)[C@@H]1C. The molecule has 2 aromatic carbocycles. The van der Waals surface area contributed by atoms with Crippen LogP contribution in [0, 0.1) is 5.92 Å². The molecule has 0 aliphatic carbocycles. The molecule has 1 fully saturated rings. The average molecular weight is 378 g/mol. The van der Waals surface area contributed by atoms with Gasteiger partial charge in [-0.1, -0.05) is 25.1 Å². The molecule has 0 radical (unpaired) electrons. The van der Waals surface area contributed by atoms with Crippen molar-refractivity contribution in [2.24, 2.45) is 5.92 Å². The first-order valence-electron chi connectivity index (χ1n) is 10.5. The van der Waals surface area contributed by atoms with Gasteiger partial charge in [-0.25, -0.2) is 0 Å². The lowest BCUT2D eigenvalue weighted by molar-refractivity contribution is -0.117. The van der Waals surface area contributed by atoms with E-state index in [9.17, 15) is 4.79 Å². The monoisotopic (exact) mass is 377 g/mol. The fraction of sp³-hybridized carbons (Fsp3) is 0.458. The number of hydrogen-bond donors (Lipinski definition) is 1. The number of carbonyl (C=O) groups is 1. The van der Waals surface area contributed by atoms with Crippen LogP contribution in [0.3, 0.4) is 0 Å². The topological polar surface area (TPSA) is 35.6 Å². The highest BCUT2D eigenvalue weighted by atomic mass is 16.2. The Bertz CT molecular complexity index is 850. The van der Waals surface area contributed by atoms with Gasteiger partial charge < -0.3 is 15.1 Å². The van der Waals surface area contributed by atoms with Crippen LogP contribution in [0.2, 0.25) is 0 Å². The molecular formula is C24H31N3O. The first-order valence-corrected chi connectivity index (χ1v) is 10.5. The van der Waals surface area contributed by atoms with E-state index in [4.69, 9.17) is 0 Å². The summed E-state index contributed by atoms with van der Waals surface area (Å²) in [5.41, 5.74) is 4.66. The number of rotatable bonds is 3. The van der Waals surface area contributed by atoms with Crippen LogP contribution in [0.4, 0.5) is 17.1 Å². The van der Waals surface area contributed by atoms with Gasteiger partial charge in [-0.05, 0) is 57.0 Å². The van der Waals surface area contributed by atoms with Crippen molar-refractivity contribution in [3.05, 3.63) is 54.1 Å². The maximum Gasteiger partial charge on any atom is 0.224 e. The van der Waals surface area contributed by atoms with Crippen LogP contribution in [0.25, 0.3) is 0 Å². The van der Waals surface area contributed by atoms with Crippen molar-refractivity contribution in [3.63, 3.8) is 0 Å². The summed E-state index contributed by atoms with van der Waals surface area (Å²) in [5, 5.41) is 3.75. The zero-order valence-corrected chi connectivity index (χ0v) is 17.4. The van der Waals surface area contributed by atoms with Gasteiger partial charge in [-0.15, -0.1) is 0 Å². The lowest BCUT2D eigenvalue weighted by Crippen LogP contribution is -2.48. The van der Waals surface area contributed by atoms with Gasteiger partial charge in [0.05, 0.1) is 6.04 Å². The lowest BCUT2D eigenvalue weighted by Gasteiger charge is -2.44. The third-order valence-corrected chi connectivity index (χ3v) is 6.62. The molecule has 28 heavy (non-hydrogen) atoms. The molecule has 4 rings (SSSR count). The Morgan fingerprint density at radius 2 is 1.82 bits per heavy atom. The second-order valence-corrected chi connectivity index (χ2v) is 8.40. The maximum absolute atomic E-state index is 12.5. The average Bonchev–Trinajstić information content (AvgIpc) is 3.12. The molecule has 2 heterocycles. The minimum atomic E-state index is 0.112. The Morgan fingerprint density at radius 3 is 2.46 bits per heavy atom. The van der Waals surface area contributed by atoms with Gasteiger partial charge >= 0.3 is 0 Å². The molecule has 0 saturated carbocycles. The number of anilines is 3. The Hall–Kier alpha value is -2.49. The minimum absolute atomic E-state index is 0.112. The van der Waals surface area contributed by atoms with E-state index in [1.54, 1.807) is 6.92 Å². The number of fused-ring (bicyclic) bond motifs is 1. The molecule has 0 spiro atoms. The maximum atomic E-state index is 12.5. The first-order chi connectivity index (χ1) is 13.5. The summed E-state index contributed by atoms with van der Waals surface area (Å²) in [5.74, 6) is 0.406. The van der Waals surface area contributed by atoms with Crippen molar-refractivity contribution >= 4 is 23.0 Å². The highest BCUT2D eigenvalue weighted by Crippen LogP contribution is 2.44. The standard InChI is InChI=1S/C24H31N3O/c1-16-9-8-14-26(16)21-12-13-23-22(15-21)24(25-20-10-6-5-7-11-20)17(2)18(3)27(23)19(4)28/h5-7,10-13,15-18,24-25H,8-9,14H2,1-4H3/t16?,17-,18-,24+/m0/s1. The van der Waals surface area contributed by atoms with Crippen LogP contribution < -0.4 is 15.1 Å². The molecule has 2 aromatic rings. The highest BCUT2D eigenvalue weighted by molar-refractivity contribution is 5.94. The molecule has 1 saturated heterocycles. The molecule has 0 aromatic heterocycles. The van der Waals surface area contributed by atoms with E-state index in [0.29, 0.717) is 12.0 Å². The fourth-order valence-electron chi connectivity index (χ4n) is 4.90. The molecule has 1 amide bonds. The van der Waals surface area contributed by atoms with Crippen molar-refractivity contribution in [2.75, 3.05) is 21.7 Å². The van der Waals surface area contributed by atoms with E-state index >= 15 is 0 Å². The quantitative estimate of drug-likeness (QED) is 0.796. The van der Waals surface area contributed by atoms with Crippen molar-refractivity contribution in [3.8, 4) is 0 Å². The van der Waals surface area contributed by atoms with Crippen LogP contribution in [-0.2, 0) is 4.79 Å². The summed E-state index contributed by atoms with van der Waals surface area (Å²) in [4.78, 5) is 16.9. The summed E-state index contributed by atoms with van der Waals surface area (Å²) in [6, 6.07) is 17.9. The van der Waals surface area contributed by atoms with Crippen molar-refractivity contribution < 1.29 is 4.79 Å². The van der Waals surface area contributed by atoms with Crippen LogP contribution in [0.5, 0.6) is 0 Å². The Balaban J connectivity index is 1.79. The summed E-state index contributed by atoms with van der Waals surface area (Å²) in [7, 11) is 0. The van der Waals surface area contributed by atoms with Gasteiger partial charge in [0.1, 0.15) is 0 Å². The molecule has 0 bridgehead atoms. The van der Waals surface area contributed by atoms with E-state index in [1.807, 2.05) is 11.0 Å². The van der Waals surface area contributed by atoms with E-state index in [1.165, 1.54) is 24.1 Å². The molecule has 2 aliphatic rings. The number of amides is 1. The molecule has 1 N–H and O–H groups in total. The second kappa shape index (κ2) is 7.50. The van der Waals surface area contributed by atoms with Crippen molar-refractivity contribution in [1.29, 1.82) is 0 Å². The van der Waals surface area contributed by atoms with Gasteiger partial charge in [0.15, 0.2) is 0 Å². The molecule has 1 unspecified atom stereocenters. The largest absolute Gasteiger partial charge is 0.378 e. The van der Waals surface area contributed by atoms with Gasteiger partial charge in [0.2, 0.25) is 5.91 Å². The molecule has 4 heteroatoms. The van der Waals surface area contributed by atoms with E-state index in [2.05, 4.69) is 73.5 Å². The summed E-state index contributed by atoms with van der Waals surface area (Å²) in [6.07, 6.45) is 2.49. The zero-order chi connectivity index (χ0) is 19.8. The summed E-state index contributed by atoms with van der Waals surface area (Å²) >= 11 is 0. The van der Waals surface area contributed by atoms with Gasteiger partial charge in [0, 0.05) is 54.1 Å². The lowest BCUT2D eigenvalue weighted by atomic mass is 9.82. The van der Waals surface area contributed by atoms with Crippen LogP contribution in [0.15, 0.2) is 48.5 Å². The number of hydrogen-bond acceptors (Lipinski definition) is 3. The number of para-hydroxylation sites is 1. The third-order valence-electron chi connectivity index (χ3n) is 6.62. The predicted molar refractivity (Wildman–Crippen MR) is 117 cm³/mol. The van der Waals surface area contributed by atoms with E-state index in [-0.39, 0.29) is 18.0 Å². The third kappa shape index (κ3) is 3.25. The summed E-state index contributed by atoms with van der Waals surface area (Å²) in [6.45, 7) is 9.49. The van der Waals surface area contributed by atoms with Crippen LogP contribution in [-0.4, -0.2) is 24.5 Å². The van der Waals surface area contributed by atoms with Gasteiger partial charge in [0.25, 0.3) is 0 Å². The first kappa shape index (κ1) is 18.9. The number of carbonyl (C=O) groups excluding carboxylic acids is 1. The molecule has 4 nitrogen and oxygen atoms in total. The molecule has 148 valence electrons. The second-order valence-electron chi connectivity index (χ2n) is 8.40. The van der Waals surface area contributed by atoms with Crippen molar-refractivity contribution in [1.82, 2.24) is 0 Å². The number of nitrogens with zero attached hydrogens (tertiary/aromatic N) is 2. The van der Waals surface area contributed by atoms with Gasteiger partial charge in [-0.2, -0.15) is 0 Å². The van der Waals surface area contributed by atoms with Crippen LogP contribution in [0.1, 0.15) is 52.1 Å². The number of benzene rings is 2. The van der Waals surface area contributed by atoms with E-state index < -0.39 is 0 Å². The van der Waals surface area contributed by atoms with Crippen LogP contribution >= 0.6 is 0 Å². The fourth-order valence-corrected chi connectivity index (χ4v) is 4.90. The van der Waals surface area contributed by atoms with E-state index in [0.717, 1.165) is 17.9 Å². The molecule has 2 aliphatic heterocycles. The molecular weight excluding hydrogens is 346 g/mol. The smallest absolute Gasteiger partial charge is 0.224 e. The normalized spacial score (nSPS) is 26.9. The Labute approximate surface area is 168 Å². The predicted octanol–water partition coefficient (Wildman–Crippen LogP) is 5.22.